The van der Waals surface area contributed by atoms with Crippen molar-refractivity contribution in [3.8, 4) is 22.3 Å². The number of hydrogen-bond acceptors (Lipinski definition) is 2. The Hall–Kier alpha value is -6.68. The third-order valence-electron chi connectivity index (χ3n) is 11.9. The van der Waals surface area contributed by atoms with E-state index >= 15 is 0 Å². The lowest BCUT2D eigenvalue weighted by Gasteiger charge is -2.43. The molecular weight excluding hydrogens is 667 g/mol. The average molecular weight is 706 g/mol. The molecule has 0 saturated carbocycles. The van der Waals surface area contributed by atoms with Crippen molar-refractivity contribution in [2.45, 2.75) is 18.6 Å². The van der Waals surface area contributed by atoms with Gasteiger partial charge in [-0.3, -0.25) is 5.32 Å². The highest BCUT2D eigenvalue weighted by Gasteiger charge is 2.37. The van der Waals surface area contributed by atoms with E-state index in [0.29, 0.717) is 0 Å². The van der Waals surface area contributed by atoms with Gasteiger partial charge in [0, 0.05) is 34.1 Å². The van der Waals surface area contributed by atoms with Crippen molar-refractivity contribution in [1.29, 1.82) is 0 Å². The van der Waals surface area contributed by atoms with Crippen LogP contribution in [0.3, 0.4) is 0 Å². The van der Waals surface area contributed by atoms with Crippen LogP contribution in [0.25, 0.3) is 71.3 Å². The van der Waals surface area contributed by atoms with Gasteiger partial charge in [0.2, 0.25) is 0 Å². The summed E-state index contributed by atoms with van der Waals surface area (Å²) in [5, 5.41) is 15.9. The van der Waals surface area contributed by atoms with E-state index in [1.54, 1.807) is 0 Å². The lowest BCUT2D eigenvalue weighted by atomic mass is 9.81. The summed E-state index contributed by atoms with van der Waals surface area (Å²) in [6.45, 7) is 0. The summed E-state index contributed by atoms with van der Waals surface area (Å²) >= 11 is 0. The first-order valence-corrected chi connectivity index (χ1v) is 19.3. The summed E-state index contributed by atoms with van der Waals surface area (Å²) < 4.78 is 2.54. The second kappa shape index (κ2) is 13.0. The molecule has 1 saturated heterocycles. The minimum atomic E-state index is -0.0429. The van der Waals surface area contributed by atoms with Crippen LogP contribution in [0.2, 0.25) is 0 Å². The van der Waals surface area contributed by atoms with Gasteiger partial charge in [0.15, 0.2) is 0 Å². The molecule has 8 aromatic carbocycles. The monoisotopic (exact) mass is 705 g/mol. The number of nitrogens with one attached hydrogen (secondary N) is 2. The first-order chi connectivity index (χ1) is 27.3. The van der Waals surface area contributed by atoms with Crippen LogP contribution in [0.15, 0.2) is 200 Å². The van der Waals surface area contributed by atoms with Gasteiger partial charge < -0.3 is 9.88 Å². The van der Waals surface area contributed by atoms with E-state index in [4.69, 9.17) is 0 Å². The molecule has 1 aliphatic heterocycles. The lowest BCUT2D eigenvalue weighted by Crippen LogP contribution is -2.48. The molecular formula is C52H39N3. The third kappa shape index (κ3) is 5.39. The highest BCUT2D eigenvalue weighted by Crippen LogP contribution is 2.46. The Kier molecular flexibility index (Phi) is 7.53. The average Bonchev–Trinajstić information content (AvgIpc) is 3.62. The van der Waals surface area contributed by atoms with Crippen LogP contribution in [0.4, 0.5) is 0 Å². The van der Waals surface area contributed by atoms with Gasteiger partial charge in [0.05, 0.1) is 11.0 Å². The predicted octanol–water partition coefficient (Wildman–Crippen LogP) is 12.8. The van der Waals surface area contributed by atoms with Crippen LogP contribution in [0, 0.1) is 5.92 Å². The number of rotatable bonds is 5. The molecule has 1 fully saturated rings. The van der Waals surface area contributed by atoms with Crippen molar-refractivity contribution in [3.63, 3.8) is 0 Å². The summed E-state index contributed by atoms with van der Waals surface area (Å²) in [5.74, 6) is 0.194. The zero-order valence-corrected chi connectivity index (χ0v) is 30.4. The molecule has 2 heterocycles. The topological polar surface area (TPSA) is 29.0 Å². The van der Waals surface area contributed by atoms with Crippen LogP contribution in [-0.2, 0) is 0 Å². The van der Waals surface area contributed by atoms with E-state index in [-0.39, 0.29) is 18.1 Å². The molecule has 0 radical (unpaired) electrons. The van der Waals surface area contributed by atoms with Gasteiger partial charge in [0.1, 0.15) is 6.17 Å². The molecule has 3 nitrogen and oxygen atoms in total. The number of benzene rings is 8. The SMILES string of the molecule is C1=C2NC(c3ccc(-c4ccccc4)cc3)NC(c3cccc(-c4ccccc4)c3)C2CC(n2c3ccc4ccccc4c3c3c4ccccc4ccc32)=C1. The molecule has 3 atom stereocenters. The van der Waals surface area contributed by atoms with Crippen LogP contribution < -0.4 is 10.6 Å². The van der Waals surface area contributed by atoms with E-state index < -0.39 is 0 Å². The van der Waals surface area contributed by atoms with Crippen molar-refractivity contribution in [2.75, 3.05) is 0 Å². The van der Waals surface area contributed by atoms with Gasteiger partial charge in [-0.1, -0.05) is 164 Å². The van der Waals surface area contributed by atoms with Crippen molar-refractivity contribution in [3.05, 3.63) is 211 Å². The van der Waals surface area contributed by atoms with Crippen LogP contribution >= 0.6 is 0 Å². The molecule has 55 heavy (non-hydrogen) atoms. The van der Waals surface area contributed by atoms with Gasteiger partial charge in [0.25, 0.3) is 0 Å². The van der Waals surface area contributed by atoms with E-state index in [1.165, 1.54) is 88.1 Å². The third-order valence-corrected chi connectivity index (χ3v) is 11.9. The van der Waals surface area contributed by atoms with Crippen LogP contribution in [0.1, 0.15) is 29.8 Å². The highest BCUT2D eigenvalue weighted by molar-refractivity contribution is 6.28. The van der Waals surface area contributed by atoms with Crippen molar-refractivity contribution < 1.29 is 0 Å². The minimum absolute atomic E-state index is 0.0429. The molecule has 1 aromatic heterocycles. The fraction of sp³-hybridized carbons (Fsp3) is 0.0769. The summed E-state index contributed by atoms with van der Waals surface area (Å²) in [6.07, 6.45) is 5.55. The fourth-order valence-corrected chi connectivity index (χ4v) is 9.24. The van der Waals surface area contributed by atoms with Crippen LogP contribution in [0.5, 0.6) is 0 Å². The maximum Gasteiger partial charge on any atom is 0.103 e. The summed E-state index contributed by atoms with van der Waals surface area (Å²) in [5.41, 5.74) is 12.5. The number of fused-ring (bicyclic) bond motifs is 8. The minimum Gasteiger partial charge on any atom is -0.369 e. The molecule has 3 heteroatoms. The molecule has 1 aliphatic carbocycles. The van der Waals surface area contributed by atoms with Gasteiger partial charge >= 0.3 is 0 Å². The number of hydrogen-bond donors (Lipinski definition) is 2. The van der Waals surface area contributed by atoms with Crippen molar-refractivity contribution in [2.24, 2.45) is 5.92 Å². The Balaban J connectivity index is 1.06. The Morgan fingerprint density at radius 1 is 0.455 bits per heavy atom. The number of nitrogens with zero attached hydrogens (tertiary/aromatic N) is 1. The normalized spacial score (nSPS) is 18.2. The second-order valence-corrected chi connectivity index (χ2v) is 15.0. The number of aromatic nitrogens is 1. The smallest absolute Gasteiger partial charge is 0.103 e. The molecule has 0 spiro atoms. The Morgan fingerprint density at radius 2 is 1.02 bits per heavy atom. The summed E-state index contributed by atoms with van der Waals surface area (Å²) in [6, 6.07) is 66.5. The molecule has 0 amide bonds. The van der Waals surface area contributed by atoms with Gasteiger partial charge in [-0.05, 0) is 91.7 Å². The molecule has 9 aromatic rings. The molecule has 0 bridgehead atoms. The quantitative estimate of drug-likeness (QED) is 0.187. The van der Waals surface area contributed by atoms with E-state index in [9.17, 15) is 0 Å². The Labute approximate surface area is 320 Å². The number of allylic oxidation sites excluding steroid dienone is 3. The Bertz CT molecular complexity index is 2860. The highest BCUT2D eigenvalue weighted by atomic mass is 15.2. The first kappa shape index (κ1) is 31.8. The fourth-order valence-electron chi connectivity index (χ4n) is 9.24. The first-order valence-electron chi connectivity index (χ1n) is 19.3. The van der Waals surface area contributed by atoms with Gasteiger partial charge in [-0.2, -0.15) is 0 Å². The molecule has 11 rings (SSSR count). The zero-order valence-electron chi connectivity index (χ0n) is 30.4. The van der Waals surface area contributed by atoms with E-state index in [0.717, 1.165) is 6.42 Å². The Morgan fingerprint density at radius 3 is 1.67 bits per heavy atom. The maximum absolute atomic E-state index is 4.12. The van der Waals surface area contributed by atoms with E-state index in [1.807, 2.05) is 0 Å². The second-order valence-electron chi connectivity index (χ2n) is 15.0. The molecule has 2 N–H and O–H groups in total. The van der Waals surface area contributed by atoms with Crippen molar-refractivity contribution in [1.82, 2.24) is 15.2 Å². The summed E-state index contributed by atoms with van der Waals surface area (Å²) in [4.78, 5) is 0. The van der Waals surface area contributed by atoms with Gasteiger partial charge in [-0.15, -0.1) is 0 Å². The standard InChI is InChI=1S/C52H39N3/c1-3-12-34(13-4-1)36-22-24-39(25-23-36)52-53-46-29-28-42(33-45(46)51(54-52)41-19-11-18-40(32-41)35-14-5-2-6-15-35)55-47-30-26-37-16-7-9-20-43(37)49(47)50-44-21-10-8-17-38(44)27-31-48(50)55/h1-32,45,51-54H,33H2. The van der Waals surface area contributed by atoms with Crippen LogP contribution in [-0.4, -0.2) is 4.57 Å². The maximum atomic E-state index is 4.12. The molecule has 2 aliphatic rings. The predicted molar refractivity (Wildman–Crippen MR) is 230 cm³/mol. The summed E-state index contributed by atoms with van der Waals surface area (Å²) in [7, 11) is 0. The molecule has 262 valence electrons. The van der Waals surface area contributed by atoms with Gasteiger partial charge in [-0.25, -0.2) is 0 Å². The van der Waals surface area contributed by atoms with Crippen molar-refractivity contribution >= 4 is 49.0 Å². The zero-order chi connectivity index (χ0) is 36.3. The lowest BCUT2D eigenvalue weighted by molar-refractivity contribution is 0.269. The largest absolute Gasteiger partial charge is 0.369 e. The molecule has 3 unspecified atom stereocenters. The van der Waals surface area contributed by atoms with E-state index in [2.05, 4.69) is 209 Å².